The van der Waals surface area contributed by atoms with Crippen LogP contribution in [0.2, 0.25) is 0 Å². The number of nitrogens with one attached hydrogen (secondary N) is 1. The van der Waals surface area contributed by atoms with Crippen molar-refractivity contribution in [3.05, 3.63) is 47.5 Å². The zero-order valence-electron chi connectivity index (χ0n) is 16.8. The molecule has 156 valence electrons. The maximum Gasteiger partial charge on any atom is 0.270 e. The van der Waals surface area contributed by atoms with Gasteiger partial charge in [-0.2, -0.15) is 0 Å². The number of carbonyl (C=O) groups is 2. The Kier molecular flexibility index (Phi) is 6.22. The van der Waals surface area contributed by atoms with Crippen molar-refractivity contribution in [3.63, 3.8) is 0 Å². The van der Waals surface area contributed by atoms with Crippen LogP contribution >= 0.6 is 12.2 Å². The van der Waals surface area contributed by atoms with Crippen molar-refractivity contribution < 1.29 is 28.5 Å². The maximum atomic E-state index is 13.3. The van der Waals surface area contributed by atoms with Crippen LogP contribution in [0, 0.1) is 0 Å². The second-order valence-corrected chi connectivity index (χ2v) is 6.44. The number of benzene rings is 2. The number of thiocarbonyl (C=S) groups is 1. The van der Waals surface area contributed by atoms with Gasteiger partial charge < -0.3 is 18.9 Å². The number of hydrogen-bond acceptors (Lipinski definition) is 7. The molecule has 0 aromatic heterocycles. The summed E-state index contributed by atoms with van der Waals surface area (Å²) in [5.74, 6) is 0.343. The van der Waals surface area contributed by atoms with E-state index >= 15 is 0 Å². The zero-order valence-corrected chi connectivity index (χ0v) is 17.7. The third-order valence-corrected chi connectivity index (χ3v) is 4.75. The van der Waals surface area contributed by atoms with E-state index in [0.29, 0.717) is 34.2 Å². The van der Waals surface area contributed by atoms with Crippen molar-refractivity contribution >= 4 is 40.9 Å². The predicted octanol–water partition coefficient (Wildman–Crippen LogP) is 2.55. The first-order valence-corrected chi connectivity index (χ1v) is 9.21. The van der Waals surface area contributed by atoms with Crippen molar-refractivity contribution in [2.24, 2.45) is 0 Å². The van der Waals surface area contributed by atoms with Crippen molar-refractivity contribution in [2.45, 2.75) is 0 Å². The van der Waals surface area contributed by atoms with Crippen LogP contribution in [0.3, 0.4) is 0 Å². The molecule has 0 saturated carbocycles. The topological polar surface area (TPSA) is 86.3 Å². The second-order valence-electron chi connectivity index (χ2n) is 6.05. The molecule has 30 heavy (non-hydrogen) atoms. The minimum atomic E-state index is -0.618. The lowest BCUT2D eigenvalue weighted by atomic mass is 10.0. The molecule has 9 heteroatoms. The normalized spacial score (nSPS) is 15.1. The minimum Gasteiger partial charge on any atom is -0.495 e. The molecule has 1 N–H and O–H groups in total. The van der Waals surface area contributed by atoms with E-state index in [1.807, 2.05) is 0 Å². The number of para-hydroxylation sites is 2. The van der Waals surface area contributed by atoms with Gasteiger partial charge in [0, 0.05) is 5.56 Å². The fraction of sp³-hybridized carbons (Fsp3) is 0.190. The average molecular weight is 428 g/mol. The van der Waals surface area contributed by atoms with Gasteiger partial charge in [-0.05, 0) is 42.6 Å². The molecule has 8 nitrogen and oxygen atoms in total. The quantitative estimate of drug-likeness (QED) is 0.430. The third kappa shape index (κ3) is 3.67. The fourth-order valence-electron chi connectivity index (χ4n) is 3.08. The largest absolute Gasteiger partial charge is 0.495 e. The number of hydrogen-bond donors (Lipinski definition) is 1. The summed E-state index contributed by atoms with van der Waals surface area (Å²) in [4.78, 5) is 27.1. The summed E-state index contributed by atoms with van der Waals surface area (Å²) in [7, 11) is 5.91. The number of carbonyl (C=O) groups excluding carboxylic acids is 2. The molecule has 1 fully saturated rings. The van der Waals surface area contributed by atoms with E-state index in [9.17, 15) is 9.59 Å². The summed E-state index contributed by atoms with van der Waals surface area (Å²) in [5, 5.41) is 2.51. The summed E-state index contributed by atoms with van der Waals surface area (Å²) < 4.78 is 21.4. The SMILES string of the molecule is COc1ccccc1N1C(=O)/C(=C/c2ccc(OC)c(OC)c2OC)C(=O)NC1=S. The Bertz CT molecular complexity index is 1050. The molecule has 1 saturated heterocycles. The standard InChI is InChI=1S/C21H20N2O6S/c1-26-15-8-6-5-7-14(15)23-20(25)13(19(24)22-21(23)30)11-12-9-10-16(27-2)18(29-4)17(12)28-3/h5-11H,1-4H3,(H,22,24,30)/b13-11+. The van der Waals surface area contributed by atoms with Gasteiger partial charge in [0.05, 0.1) is 34.1 Å². The van der Waals surface area contributed by atoms with Crippen molar-refractivity contribution in [3.8, 4) is 23.0 Å². The third-order valence-electron chi connectivity index (χ3n) is 4.46. The molecular weight excluding hydrogens is 408 g/mol. The maximum absolute atomic E-state index is 13.3. The van der Waals surface area contributed by atoms with Crippen molar-refractivity contribution in [1.29, 1.82) is 0 Å². The van der Waals surface area contributed by atoms with Crippen LogP contribution in [0.15, 0.2) is 42.0 Å². The van der Waals surface area contributed by atoms with Crippen LogP contribution in [-0.4, -0.2) is 45.4 Å². The molecule has 1 heterocycles. The van der Waals surface area contributed by atoms with Gasteiger partial charge in [0.25, 0.3) is 11.8 Å². The van der Waals surface area contributed by atoms with Gasteiger partial charge in [-0.3, -0.25) is 14.9 Å². The van der Waals surface area contributed by atoms with Gasteiger partial charge in [-0.1, -0.05) is 12.1 Å². The zero-order chi connectivity index (χ0) is 21.8. The number of rotatable bonds is 6. The van der Waals surface area contributed by atoms with Crippen LogP contribution in [0.4, 0.5) is 5.69 Å². The Morgan fingerprint density at radius 2 is 1.53 bits per heavy atom. The molecule has 2 amide bonds. The highest BCUT2D eigenvalue weighted by Gasteiger charge is 2.36. The van der Waals surface area contributed by atoms with Crippen molar-refractivity contribution in [1.82, 2.24) is 5.32 Å². The monoisotopic (exact) mass is 428 g/mol. The predicted molar refractivity (Wildman–Crippen MR) is 115 cm³/mol. The van der Waals surface area contributed by atoms with E-state index in [1.54, 1.807) is 36.4 Å². The summed E-state index contributed by atoms with van der Waals surface area (Å²) in [6, 6.07) is 10.2. The lowest BCUT2D eigenvalue weighted by Gasteiger charge is -2.29. The van der Waals surface area contributed by atoms with Gasteiger partial charge in [0.15, 0.2) is 16.6 Å². The molecule has 2 aromatic carbocycles. The Labute approximate surface area is 179 Å². The Morgan fingerprint density at radius 3 is 2.17 bits per heavy atom. The van der Waals surface area contributed by atoms with E-state index in [-0.39, 0.29) is 10.7 Å². The molecule has 0 unspecified atom stereocenters. The highest BCUT2D eigenvalue weighted by Crippen LogP contribution is 2.41. The van der Waals surface area contributed by atoms with Crippen LogP contribution in [-0.2, 0) is 9.59 Å². The lowest BCUT2D eigenvalue weighted by molar-refractivity contribution is -0.122. The number of amides is 2. The fourth-order valence-corrected chi connectivity index (χ4v) is 3.36. The number of anilines is 1. The van der Waals surface area contributed by atoms with Crippen LogP contribution in [0.1, 0.15) is 5.56 Å². The van der Waals surface area contributed by atoms with E-state index in [2.05, 4.69) is 5.32 Å². The van der Waals surface area contributed by atoms with E-state index in [1.165, 1.54) is 39.4 Å². The van der Waals surface area contributed by atoms with Gasteiger partial charge in [-0.15, -0.1) is 0 Å². The molecular formula is C21H20N2O6S. The van der Waals surface area contributed by atoms with Gasteiger partial charge >= 0.3 is 0 Å². The lowest BCUT2D eigenvalue weighted by Crippen LogP contribution is -2.54. The first-order chi connectivity index (χ1) is 14.5. The van der Waals surface area contributed by atoms with E-state index in [0.717, 1.165) is 0 Å². The Balaban J connectivity index is 2.12. The molecule has 1 aliphatic rings. The molecule has 0 spiro atoms. The van der Waals surface area contributed by atoms with Crippen LogP contribution < -0.4 is 29.2 Å². The Hall–Kier alpha value is -3.59. The summed E-state index contributed by atoms with van der Waals surface area (Å²) in [6.45, 7) is 0. The van der Waals surface area contributed by atoms with Gasteiger partial charge in [0.2, 0.25) is 5.75 Å². The van der Waals surface area contributed by atoms with Gasteiger partial charge in [0.1, 0.15) is 11.3 Å². The second kappa shape index (κ2) is 8.83. The first-order valence-electron chi connectivity index (χ1n) is 8.80. The molecule has 1 aliphatic heterocycles. The van der Waals surface area contributed by atoms with Crippen LogP contribution in [0.5, 0.6) is 23.0 Å². The number of nitrogens with zero attached hydrogens (tertiary/aromatic N) is 1. The molecule has 2 aromatic rings. The van der Waals surface area contributed by atoms with Gasteiger partial charge in [-0.25, -0.2) is 4.90 Å². The smallest absolute Gasteiger partial charge is 0.270 e. The molecule has 0 atom stereocenters. The molecule has 0 aliphatic carbocycles. The summed E-state index contributed by atoms with van der Waals surface area (Å²) in [5.41, 5.74) is 0.752. The summed E-state index contributed by atoms with van der Waals surface area (Å²) >= 11 is 5.24. The first kappa shape index (κ1) is 21.1. The minimum absolute atomic E-state index is 0.0362. The van der Waals surface area contributed by atoms with E-state index < -0.39 is 11.8 Å². The summed E-state index contributed by atoms with van der Waals surface area (Å²) in [6.07, 6.45) is 1.42. The molecule has 0 bridgehead atoms. The highest BCUT2D eigenvalue weighted by atomic mass is 32.1. The highest BCUT2D eigenvalue weighted by molar-refractivity contribution is 7.80. The molecule has 0 radical (unpaired) electrons. The van der Waals surface area contributed by atoms with E-state index in [4.69, 9.17) is 31.2 Å². The number of ether oxygens (including phenoxy) is 4. The average Bonchev–Trinajstić information content (AvgIpc) is 2.76. The Morgan fingerprint density at radius 1 is 0.867 bits per heavy atom. The van der Waals surface area contributed by atoms with Crippen molar-refractivity contribution in [2.75, 3.05) is 33.3 Å². The van der Waals surface area contributed by atoms with Crippen LogP contribution in [0.25, 0.3) is 6.08 Å². The molecule has 3 rings (SSSR count). The number of methoxy groups -OCH3 is 4.